The van der Waals surface area contributed by atoms with E-state index in [1.165, 1.54) is 0 Å². The molecule has 0 heterocycles. The molecule has 0 fully saturated rings. The summed E-state index contributed by atoms with van der Waals surface area (Å²) in [6.45, 7) is 7.12. The van der Waals surface area contributed by atoms with Gasteiger partial charge in [-0.3, -0.25) is 0 Å². The summed E-state index contributed by atoms with van der Waals surface area (Å²) in [6, 6.07) is 0. The number of rotatable bonds is 2. The lowest BCUT2D eigenvalue weighted by molar-refractivity contribution is 1.06. The highest BCUT2D eigenvalue weighted by Gasteiger charge is 1.55. The highest BCUT2D eigenvalue weighted by atomic mass is 14.8. The van der Waals surface area contributed by atoms with Gasteiger partial charge in [0.05, 0.1) is 0 Å². The minimum Gasteiger partial charge on any atom is -0.387 e. The molecule has 1 nitrogen and oxygen atoms in total. The summed E-state index contributed by atoms with van der Waals surface area (Å²) in [5, 5.41) is 2.75. The Morgan fingerprint density at radius 2 is 2.40 bits per heavy atom. The van der Waals surface area contributed by atoms with Crippen LogP contribution in [0.3, 0.4) is 0 Å². The zero-order valence-corrected chi connectivity index (χ0v) is 3.36. The van der Waals surface area contributed by atoms with E-state index in [9.17, 15) is 0 Å². The smallest absolute Gasteiger partial charge is 0.0425 e. The van der Waals surface area contributed by atoms with Gasteiger partial charge in [0.25, 0.3) is 0 Å². The Bertz CT molecular complexity index is 24.8. The van der Waals surface area contributed by atoms with Crippen molar-refractivity contribution in [3.8, 4) is 0 Å². The van der Waals surface area contributed by atoms with Gasteiger partial charge in [0.15, 0.2) is 0 Å². The molecule has 0 amide bonds. The first kappa shape index (κ1) is 4.54. The van der Waals surface area contributed by atoms with Crippen LogP contribution in [0.2, 0.25) is 0 Å². The topological polar surface area (TPSA) is 12.0 Å². The molecule has 0 bridgehead atoms. The standard InChI is InChI=1S/C4H8N/c1-3-5-4-2/h3-5H,1H2,2H3. The summed E-state index contributed by atoms with van der Waals surface area (Å²) in [6.07, 6.45) is 1.62. The lowest BCUT2D eigenvalue weighted by atomic mass is 10.7. The van der Waals surface area contributed by atoms with E-state index in [0.717, 1.165) is 0 Å². The molecule has 5 heavy (non-hydrogen) atoms. The van der Waals surface area contributed by atoms with Gasteiger partial charge in [0.2, 0.25) is 0 Å². The maximum atomic E-state index is 3.41. The molecule has 0 unspecified atom stereocenters. The van der Waals surface area contributed by atoms with Gasteiger partial charge in [0.1, 0.15) is 0 Å². The minimum absolute atomic E-state index is 1.62. The Morgan fingerprint density at radius 3 is 2.40 bits per heavy atom. The SMILES string of the molecule is C=CN[CH]C. The van der Waals surface area contributed by atoms with E-state index in [1.807, 2.05) is 13.5 Å². The summed E-state index contributed by atoms with van der Waals surface area (Å²) < 4.78 is 0. The average molecular weight is 70.1 g/mol. The van der Waals surface area contributed by atoms with E-state index in [-0.39, 0.29) is 0 Å². The largest absolute Gasteiger partial charge is 0.387 e. The molecule has 0 aliphatic carbocycles. The quantitative estimate of drug-likeness (QED) is 0.509. The predicted molar refractivity (Wildman–Crippen MR) is 23.3 cm³/mol. The van der Waals surface area contributed by atoms with Crippen molar-refractivity contribution in [3.63, 3.8) is 0 Å². The molecule has 0 aliphatic rings. The lowest BCUT2D eigenvalue weighted by Gasteiger charge is -1.82. The van der Waals surface area contributed by atoms with E-state index in [0.29, 0.717) is 0 Å². The molecule has 0 saturated heterocycles. The van der Waals surface area contributed by atoms with Crippen molar-refractivity contribution in [2.45, 2.75) is 6.92 Å². The van der Waals surface area contributed by atoms with Crippen LogP contribution in [-0.2, 0) is 0 Å². The first-order valence-corrected chi connectivity index (χ1v) is 1.56. The van der Waals surface area contributed by atoms with E-state index in [2.05, 4.69) is 11.9 Å². The lowest BCUT2D eigenvalue weighted by Crippen LogP contribution is -1.92. The molecule has 0 aromatic heterocycles. The van der Waals surface area contributed by atoms with Crippen LogP contribution in [0, 0.1) is 6.54 Å². The molecule has 0 aromatic carbocycles. The maximum absolute atomic E-state index is 3.41. The highest BCUT2D eigenvalue weighted by molar-refractivity contribution is 4.66. The van der Waals surface area contributed by atoms with E-state index < -0.39 is 0 Å². The summed E-state index contributed by atoms with van der Waals surface area (Å²) in [5.41, 5.74) is 0. The first-order chi connectivity index (χ1) is 2.41. The van der Waals surface area contributed by atoms with Crippen LogP contribution in [0.15, 0.2) is 12.8 Å². The second kappa shape index (κ2) is 3.54. The third kappa shape index (κ3) is 3.54. The Kier molecular flexibility index (Phi) is 3.21. The van der Waals surface area contributed by atoms with Gasteiger partial charge in [-0.05, 0) is 13.1 Å². The minimum atomic E-state index is 1.62. The molecule has 0 saturated carbocycles. The van der Waals surface area contributed by atoms with Crippen molar-refractivity contribution in [1.82, 2.24) is 5.32 Å². The van der Waals surface area contributed by atoms with E-state index >= 15 is 0 Å². The molecule has 1 heteroatoms. The van der Waals surface area contributed by atoms with Gasteiger partial charge in [-0.2, -0.15) is 0 Å². The van der Waals surface area contributed by atoms with Crippen molar-refractivity contribution < 1.29 is 0 Å². The van der Waals surface area contributed by atoms with Crippen LogP contribution in [-0.4, -0.2) is 0 Å². The van der Waals surface area contributed by atoms with Gasteiger partial charge in [-0.15, -0.1) is 0 Å². The second-order valence-corrected chi connectivity index (χ2v) is 0.659. The fourth-order valence-electron chi connectivity index (χ4n) is 0.118. The normalized spacial score (nSPS) is 6.60. The van der Waals surface area contributed by atoms with Gasteiger partial charge >= 0.3 is 0 Å². The van der Waals surface area contributed by atoms with Crippen LogP contribution >= 0.6 is 0 Å². The molecule has 0 rings (SSSR count). The molecule has 0 spiro atoms. The Morgan fingerprint density at radius 1 is 1.80 bits per heavy atom. The van der Waals surface area contributed by atoms with Crippen LogP contribution < -0.4 is 5.32 Å². The Labute approximate surface area is 32.7 Å². The molecular formula is C4H8N. The van der Waals surface area contributed by atoms with Gasteiger partial charge < -0.3 is 5.32 Å². The molecule has 0 atom stereocenters. The highest BCUT2D eigenvalue weighted by Crippen LogP contribution is 1.56. The summed E-state index contributed by atoms with van der Waals surface area (Å²) in [4.78, 5) is 0. The summed E-state index contributed by atoms with van der Waals surface area (Å²) >= 11 is 0. The summed E-state index contributed by atoms with van der Waals surface area (Å²) in [7, 11) is 0. The molecule has 29 valence electrons. The van der Waals surface area contributed by atoms with Crippen molar-refractivity contribution in [3.05, 3.63) is 19.3 Å². The number of nitrogens with one attached hydrogen (secondary N) is 1. The third-order valence-electron chi connectivity index (χ3n) is 0.285. The molecule has 1 radical (unpaired) electrons. The fourth-order valence-corrected chi connectivity index (χ4v) is 0.118. The van der Waals surface area contributed by atoms with Gasteiger partial charge in [-0.1, -0.05) is 6.58 Å². The van der Waals surface area contributed by atoms with Crippen LogP contribution in [0.5, 0.6) is 0 Å². The zero-order chi connectivity index (χ0) is 4.12. The van der Waals surface area contributed by atoms with Crippen LogP contribution in [0.25, 0.3) is 0 Å². The predicted octanol–water partition coefficient (Wildman–Crippen LogP) is 0.901. The van der Waals surface area contributed by atoms with Crippen molar-refractivity contribution >= 4 is 0 Å². The third-order valence-corrected chi connectivity index (χ3v) is 0.285. The maximum Gasteiger partial charge on any atom is 0.0425 e. The second-order valence-electron chi connectivity index (χ2n) is 0.659. The van der Waals surface area contributed by atoms with Crippen LogP contribution in [0.4, 0.5) is 0 Å². The first-order valence-electron chi connectivity index (χ1n) is 1.56. The zero-order valence-electron chi connectivity index (χ0n) is 3.36. The average Bonchev–Trinajstić information content (AvgIpc) is 1.41. The van der Waals surface area contributed by atoms with Gasteiger partial charge in [0, 0.05) is 6.54 Å². The number of hydrogen-bond acceptors (Lipinski definition) is 1. The molecule has 0 aliphatic heterocycles. The molecule has 1 N–H and O–H groups in total. The van der Waals surface area contributed by atoms with Crippen molar-refractivity contribution in [1.29, 1.82) is 0 Å². The van der Waals surface area contributed by atoms with E-state index in [4.69, 9.17) is 0 Å². The van der Waals surface area contributed by atoms with Crippen molar-refractivity contribution in [2.24, 2.45) is 0 Å². The van der Waals surface area contributed by atoms with E-state index in [1.54, 1.807) is 6.20 Å². The Balaban J connectivity index is 2.40. The monoisotopic (exact) mass is 70.1 g/mol. The fraction of sp³-hybridized carbons (Fsp3) is 0.250. The molecular weight excluding hydrogens is 62.1 g/mol. The Hall–Kier alpha value is -0.460. The van der Waals surface area contributed by atoms with Crippen LogP contribution in [0.1, 0.15) is 6.92 Å². The van der Waals surface area contributed by atoms with Crippen molar-refractivity contribution in [2.75, 3.05) is 0 Å². The number of hydrogen-bond donors (Lipinski definition) is 1. The van der Waals surface area contributed by atoms with Gasteiger partial charge in [-0.25, -0.2) is 0 Å². The summed E-state index contributed by atoms with van der Waals surface area (Å²) in [5.74, 6) is 0. The molecule has 0 aromatic rings.